The summed E-state index contributed by atoms with van der Waals surface area (Å²) in [6, 6.07) is 32.4. The van der Waals surface area contributed by atoms with E-state index in [9.17, 15) is 14.7 Å². The maximum Gasteiger partial charge on any atom is 0.408 e. The second kappa shape index (κ2) is 16.6. The minimum atomic E-state index is -0.907. The lowest BCUT2D eigenvalue weighted by molar-refractivity contribution is -0.0505. The third-order valence-electron chi connectivity index (χ3n) is 10.5. The van der Waals surface area contributed by atoms with Crippen molar-refractivity contribution in [1.82, 2.24) is 14.7 Å². The minimum absolute atomic E-state index is 0.0770. The number of fused-ring (bicyclic) bond motifs is 3. The van der Waals surface area contributed by atoms with Gasteiger partial charge in [0.1, 0.15) is 18.1 Å². The van der Waals surface area contributed by atoms with Crippen LogP contribution in [0, 0.1) is 5.92 Å². The fourth-order valence-electron chi connectivity index (χ4n) is 7.79. The first kappa shape index (κ1) is 35.5. The molecule has 10 heteroatoms. The van der Waals surface area contributed by atoms with Gasteiger partial charge in [0.15, 0.2) is 6.29 Å². The predicted molar refractivity (Wildman–Crippen MR) is 196 cm³/mol. The summed E-state index contributed by atoms with van der Waals surface area (Å²) < 4.78 is 23.0. The van der Waals surface area contributed by atoms with Gasteiger partial charge in [-0.3, -0.25) is 9.69 Å². The minimum Gasteiger partial charge on any atom is -0.497 e. The molecule has 4 heterocycles. The van der Waals surface area contributed by atoms with Crippen molar-refractivity contribution in [3.63, 3.8) is 0 Å². The lowest BCUT2D eigenvalue weighted by Gasteiger charge is -2.50. The maximum atomic E-state index is 13.8. The van der Waals surface area contributed by atoms with Gasteiger partial charge < -0.3 is 33.9 Å². The first-order valence-corrected chi connectivity index (χ1v) is 18.2. The number of hydrogen-bond acceptors (Lipinski definition) is 7. The number of nitrogens with zero attached hydrogens (tertiary/aromatic N) is 3. The van der Waals surface area contributed by atoms with Crippen molar-refractivity contribution in [2.45, 2.75) is 50.8 Å². The zero-order valence-electron chi connectivity index (χ0n) is 29.6. The Morgan fingerprint density at radius 3 is 2.25 bits per heavy atom. The van der Waals surface area contributed by atoms with Crippen LogP contribution in [0.3, 0.4) is 0 Å². The molecule has 52 heavy (non-hydrogen) atoms. The summed E-state index contributed by atoms with van der Waals surface area (Å²) in [4.78, 5) is 32.7. The molecular weight excluding hydrogens is 658 g/mol. The maximum absolute atomic E-state index is 13.8. The summed E-state index contributed by atoms with van der Waals surface area (Å²) in [6.45, 7) is 5.16. The van der Waals surface area contributed by atoms with Crippen molar-refractivity contribution in [2.24, 2.45) is 5.92 Å². The largest absolute Gasteiger partial charge is 0.497 e. The van der Waals surface area contributed by atoms with Gasteiger partial charge in [-0.05, 0) is 90.5 Å². The molecule has 4 saturated heterocycles. The zero-order chi connectivity index (χ0) is 35.9. The number of rotatable bonds is 14. The smallest absolute Gasteiger partial charge is 0.408 e. The number of ether oxygens (including phenoxy) is 4. The molecule has 2 atom stereocenters. The summed E-state index contributed by atoms with van der Waals surface area (Å²) >= 11 is 0. The zero-order valence-corrected chi connectivity index (χ0v) is 29.6. The van der Waals surface area contributed by atoms with E-state index in [1.54, 1.807) is 12.0 Å². The molecule has 0 aromatic heterocycles. The molecule has 4 aromatic carbocycles. The van der Waals surface area contributed by atoms with Gasteiger partial charge >= 0.3 is 6.09 Å². The van der Waals surface area contributed by atoms with E-state index in [1.165, 1.54) is 0 Å². The summed E-state index contributed by atoms with van der Waals surface area (Å²) in [5, 5.41) is 10.7. The van der Waals surface area contributed by atoms with Crippen LogP contribution < -0.4 is 9.47 Å². The Morgan fingerprint density at radius 1 is 0.846 bits per heavy atom. The predicted octanol–water partition coefficient (Wildman–Crippen LogP) is 6.84. The van der Waals surface area contributed by atoms with E-state index in [0.717, 1.165) is 60.5 Å². The highest BCUT2D eigenvalue weighted by Gasteiger charge is 2.43. The molecule has 4 fully saturated rings. The highest BCUT2D eigenvalue weighted by atomic mass is 16.7. The molecule has 272 valence electrons. The first-order chi connectivity index (χ1) is 25.4. The quantitative estimate of drug-likeness (QED) is 0.152. The molecular formula is C42H47N3O7. The van der Waals surface area contributed by atoms with E-state index in [1.807, 2.05) is 108 Å². The monoisotopic (exact) mass is 705 g/mol. The van der Waals surface area contributed by atoms with Crippen molar-refractivity contribution in [3.8, 4) is 11.5 Å². The number of benzene rings is 4. The van der Waals surface area contributed by atoms with Gasteiger partial charge in [-0.25, -0.2) is 4.79 Å². The standard InChI is InChI=1S/C42H47N3O7/c1-49-36-11-5-7-31(25-36)27-44(22-19-39-50-23-24-51-39)41(46)34-15-13-30(14-16-34)29-52-37-12-6-10-35(26-37)40(33-8-3-2-4-9-33)45(42(47)48)38-28-43-20-17-32(38)18-21-43/h2-16,25-26,32,38-40H,17-24,27-29H2,1H3,(H,47,48)/t38-,40-/m0/s1. The van der Waals surface area contributed by atoms with Gasteiger partial charge in [-0.1, -0.05) is 66.7 Å². The average Bonchev–Trinajstić information content (AvgIpc) is 3.72. The van der Waals surface area contributed by atoms with E-state index in [4.69, 9.17) is 18.9 Å². The van der Waals surface area contributed by atoms with Crippen LogP contribution in [-0.4, -0.2) is 90.6 Å². The van der Waals surface area contributed by atoms with Crippen molar-refractivity contribution in [1.29, 1.82) is 0 Å². The first-order valence-electron chi connectivity index (χ1n) is 18.2. The number of carboxylic acid groups (broad SMARTS) is 1. The molecule has 4 aliphatic heterocycles. The second-order valence-corrected chi connectivity index (χ2v) is 13.8. The number of amides is 2. The van der Waals surface area contributed by atoms with Gasteiger partial charge in [0.2, 0.25) is 0 Å². The third-order valence-corrected chi connectivity index (χ3v) is 10.5. The topological polar surface area (TPSA) is 101 Å². The molecule has 0 radical (unpaired) electrons. The van der Waals surface area contributed by atoms with Gasteiger partial charge in [-0.2, -0.15) is 0 Å². The molecule has 10 nitrogen and oxygen atoms in total. The highest BCUT2D eigenvalue weighted by molar-refractivity contribution is 5.94. The molecule has 0 unspecified atom stereocenters. The Bertz CT molecular complexity index is 1790. The summed E-state index contributed by atoms with van der Waals surface area (Å²) in [5.41, 5.74) is 4.26. The number of methoxy groups -OCH3 is 1. The van der Waals surface area contributed by atoms with Crippen LogP contribution in [-0.2, 0) is 22.6 Å². The summed E-state index contributed by atoms with van der Waals surface area (Å²) in [7, 11) is 1.63. The lowest BCUT2D eigenvalue weighted by atomic mass is 9.81. The number of carbonyl (C=O) groups excluding carboxylic acids is 1. The van der Waals surface area contributed by atoms with E-state index in [-0.39, 0.29) is 18.2 Å². The second-order valence-electron chi connectivity index (χ2n) is 13.8. The molecule has 4 aliphatic rings. The van der Waals surface area contributed by atoms with Gasteiger partial charge in [0.05, 0.1) is 32.4 Å². The van der Waals surface area contributed by atoms with Crippen molar-refractivity contribution in [3.05, 3.63) is 131 Å². The van der Waals surface area contributed by atoms with Crippen LogP contribution in [0.15, 0.2) is 103 Å². The Kier molecular flexibility index (Phi) is 11.4. The fraction of sp³-hybridized carbons (Fsp3) is 0.381. The normalized spacial score (nSPS) is 20.3. The van der Waals surface area contributed by atoms with Crippen LogP contribution >= 0.6 is 0 Å². The molecule has 0 aliphatic carbocycles. The molecule has 2 bridgehead atoms. The average molecular weight is 706 g/mol. The van der Waals surface area contributed by atoms with Crippen LogP contribution in [0.5, 0.6) is 11.5 Å². The van der Waals surface area contributed by atoms with E-state index >= 15 is 0 Å². The van der Waals surface area contributed by atoms with Crippen LogP contribution in [0.4, 0.5) is 4.79 Å². The van der Waals surface area contributed by atoms with Crippen molar-refractivity contribution < 1.29 is 33.6 Å². The summed E-state index contributed by atoms with van der Waals surface area (Å²) in [6.07, 6.45) is 1.41. The van der Waals surface area contributed by atoms with Crippen molar-refractivity contribution >= 4 is 12.0 Å². The Labute approximate surface area is 305 Å². The van der Waals surface area contributed by atoms with E-state index in [2.05, 4.69) is 4.90 Å². The molecule has 0 saturated carbocycles. The molecule has 4 aromatic rings. The molecule has 0 spiro atoms. The Morgan fingerprint density at radius 2 is 1.56 bits per heavy atom. The van der Waals surface area contributed by atoms with Gasteiger partial charge in [0, 0.05) is 31.6 Å². The van der Waals surface area contributed by atoms with Crippen LogP contribution in [0.25, 0.3) is 0 Å². The van der Waals surface area contributed by atoms with E-state index < -0.39 is 12.1 Å². The SMILES string of the molecule is COc1cccc(CN(CCC2OCCO2)C(=O)c2ccc(COc3cccc([C@H](c4ccccc4)N(C(=O)O)[C@H]4CN5CCC4CC5)c3)cc2)c1. The molecule has 2 amide bonds. The van der Waals surface area contributed by atoms with Crippen LogP contribution in [0.2, 0.25) is 0 Å². The van der Waals surface area contributed by atoms with Crippen molar-refractivity contribution in [2.75, 3.05) is 46.5 Å². The van der Waals surface area contributed by atoms with Crippen LogP contribution in [0.1, 0.15) is 57.9 Å². The molecule has 8 rings (SSSR count). The third kappa shape index (κ3) is 8.41. The summed E-state index contributed by atoms with van der Waals surface area (Å²) in [5.74, 6) is 1.66. The van der Waals surface area contributed by atoms with E-state index in [0.29, 0.717) is 56.6 Å². The fourth-order valence-corrected chi connectivity index (χ4v) is 7.79. The number of carbonyl (C=O) groups is 2. The number of hydrogen-bond donors (Lipinski definition) is 1. The lowest BCUT2D eigenvalue weighted by Crippen LogP contribution is -2.59. The van der Waals surface area contributed by atoms with Gasteiger partial charge in [0.25, 0.3) is 5.91 Å². The van der Waals surface area contributed by atoms with Gasteiger partial charge in [-0.15, -0.1) is 0 Å². The highest BCUT2D eigenvalue weighted by Crippen LogP contribution is 2.39. The molecule has 1 N–H and O–H groups in total. The number of piperidine rings is 3. The Hall–Kier alpha value is -4.90. The Balaban J connectivity index is 1.05.